The molecule has 0 saturated carbocycles. The van der Waals surface area contributed by atoms with Gasteiger partial charge in [-0.2, -0.15) is 0 Å². The van der Waals surface area contributed by atoms with E-state index in [1.807, 2.05) is 6.92 Å². The first kappa shape index (κ1) is 59.4. The lowest BCUT2D eigenvalue weighted by molar-refractivity contribution is -0.141. The van der Waals surface area contributed by atoms with Crippen LogP contribution in [0.25, 0.3) is 22.1 Å². The van der Waals surface area contributed by atoms with E-state index in [4.69, 9.17) is 41.2 Å². The Bertz CT molecular complexity index is 3570. The highest BCUT2D eigenvalue weighted by Gasteiger charge is 2.29. The van der Waals surface area contributed by atoms with Gasteiger partial charge in [-0.25, -0.2) is 19.9 Å². The number of aromatic nitrogens is 6. The molecule has 7 rings (SSSR count). The summed E-state index contributed by atoms with van der Waals surface area (Å²) in [5.41, 5.74) is 24.7. The van der Waals surface area contributed by atoms with E-state index in [0.717, 1.165) is 12.2 Å². The van der Waals surface area contributed by atoms with Crippen LogP contribution in [0.15, 0.2) is 57.4 Å². The molecule has 0 bridgehead atoms. The normalized spacial score (nSPS) is 12.9. The van der Waals surface area contributed by atoms with E-state index in [0.29, 0.717) is 34.6 Å². The molecule has 0 unspecified atom stereocenters. The first-order valence-electron chi connectivity index (χ1n) is 25.6. The lowest BCUT2D eigenvalue weighted by atomic mass is 10.1. The molecular weight excluding hydrogens is 1070 g/mol. The van der Waals surface area contributed by atoms with Crippen molar-refractivity contribution in [3.05, 3.63) is 94.4 Å². The number of amides is 10. The number of rotatable bonds is 28. The first-order chi connectivity index (χ1) is 39.1. The number of fused-ring (bicyclic) bond motifs is 2. The maximum Gasteiger partial charge on any atom is 0.295 e. The summed E-state index contributed by atoms with van der Waals surface area (Å²) in [6, 6.07) is 2.99. The highest BCUT2D eigenvalue weighted by atomic mass is 16.5. The molecule has 0 fully saturated rings. The van der Waals surface area contributed by atoms with Crippen LogP contribution in [0.3, 0.4) is 0 Å². The number of benzene rings is 2. The van der Waals surface area contributed by atoms with Crippen LogP contribution in [0.2, 0.25) is 0 Å². The lowest BCUT2D eigenvalue weighted by Gasteiger charge is -2.21. The molecule has 4 aromatic heterocycles. The topological polar surface area (TPSA) is 444 Å². The number of anilines is 2. The fourth-order valence-electron chi connectivity index (χ4n) is 8.53. The largest absolute Gasteiger partial charge is 0.494 e. The second kappa shape index (κ2) is 26.1. The molecule has 30 heteroatoms. The molecule has 1 aliphatic rings. The van der Waals surface area contributed by atoms with Crippen LogP contribution in [0, 0.1) is 13.8 Å². The molecule has 0 aliphatic carbocycles. The van der Waals surface area contributed by atoms with E-state index < -0.39 is 84.2 Å². The number of aryl methyl sites for hydroxylation is 4. The highest BCUT2D eigenvalue weighted by Crippen LogP contribution is 2.33. The summed E-state index contributed by atoms with van der Waals surface area (Å²) in [4.78, 5) is 146. The van der Waals surface area contributed by atoms with E-state index in [-0.39, 0.29) is 120 Å². The molecule has 0 spiro atoms. The first-order valence-corrected chi connectivity index (χ1v) is 25.6. The van der Waals surface area contributed by atoms with E-state index in [1.54, 1.807) is 42.1 Å². The van der Waals surface area contributed by atoms with Crippen molar-refractivity contribution in [1.82, 2.24) is 49.9 Å². The standard InChI is InChI=1S/C52H60N16O14/c1-6-30-43(81-25(3)59-30)49(77)64-51-62-33-19-27(45(55)73)21-35(79-5)41(33)66(51)16-8-9-17-67-42-34(63-52(67)65-50(78)44-31(7-2)60-26(4)82-44)20-28(46(56)74)22-36(42)80-18-10-15-57-48(76)32(11-12-37(54)69)61-47(75)29(53)23-58-38(70)24-68-39(71)13-14-40(68)72/h8-9,13-14,19-22,29,32H,6-7,10-12,15-18,23-24,53H2,1-5H3,(H2,54,69)(H2,55,73)(H2,56,74)(H,57,76)(H,58,70)(H,61,75)(H,62,64,77)(H,63,65,78)/b9-8+/t29-,32-/m1/s1. The van der Waals surface area contributed by atoms with Crippen molar-refractivity contribution < 1.29 is 66.3 Å². The third kappa shape index (κ3) is 13.9. The minimum absolute atomic E-state index is 0.00514. The van der Waals surface area contributed by atoms with E-state index in [9.17, 15) is 47.9 Å². The summed E-state index contributed by atoms with van der Waals surface area (Å²) in [6.45, 7) is 5.60. The summed E-state index contributed by atoms with van der Waals surface area (Å²) in [5, 5.41) is 13.1. The number of nitrogens with one attached hydrogen (secondary N) is 5. The minimum atomic E-state index is -1.40. The van der Waals surface area contributed by atoms with Gasteiger partial charge in [-0.3, -0.25) is 63.5 Å². The Morgan fingerprint density at radius 3 is 1.71 bits per heavy atom. The van der Waals surface area contributed by atoms with Crippen LogP contribution in [-0.2, 0) is 54.7 Å². The van der Waals surface area contributed by atoms with Gasteiger partial charge in [0, 0.05) is 69.7 Å². The highest BCUT2D eigenvalue weighted by molar-refractivity contribution is 6.14. The summed E-state index contributed by atoms with van der Waals surface area (Å²) in [6.07, 6.45) is 5.81. The molecule has 0 radical (unpaired) electrons. The average molecular weight is 1130 g/mol. The second-order valence-corrected chi connectivity index (χ2v) is 18.4. The van der Waals surface area contributed by atoms with Gasteiger partial charge in [0.2, 0.25) is 58.9 Å². The monoisotopic (exact) mass is 1130 g/mol. The summed E-state index contributed by atoms with van der Waals surface area (Å²) in [7, 11) is 1.39. The number of allylic oxidation sites excluding steroid dienone is 2. The maximum atomic E-state index is 13.9. The third-order valence-corrected chi connectivity index (χ3v) is 12.5. The minimum Gasteiger partial charge on any atom is -0.494 e. The maximum absolute atomic E-state index is 13.9. The predicted octanol–water partition coefficient (Wildman–Crippen LogP) is 0.0749. The zero-order valence-corrected chi connectivity index (χ0v) is 45.2. The molecule has 30 nitrogen and oxygen atoms in total. The lowest BCUT2D eigenvalue weighted by Crippen LogP contribution is -2.55. The van der Waals surface area contributed by atoms with Crippen molar-refractivity contribution in [3.8, 4) is 11.5 Å². The number of nitrogens with zero attached hydrogens (tertiary/aromatic N) is 7. The van der Waals surface area contributed by atoms with E-state index >= 15 is 0 Å². The fourth-order valence-corrected chi connectivity index (χ4v) is 8.53. The number of primary amides is 3. The van der Waals surface area contributed by atoms with Crippen molar-refractivity contribution >= 4 is 93.0 Å². The molecule has 2 aromatic carbocycles. The molecule has 5 heterocycles. The Morgan fingerprint density at radius 1 is 0.707 bits per heavy atom. The SMILES string of the molecule is CCc1nc(C)oc1C(=O)Nc1nc2cc(C(N)=O)cc(OC)c2n1C/C=C/Cn1c(NC(=O)c2oc(C)nc2CC)nc2cc(C(N)=O)cc(OCCCNC(=O)[C@@H](CCC(N)=O)NC(=O)[C@H](N)CNC(=O)CN3C(=O)C=CC3=O)c21. The zero-order chi connectivity index (χ0) is 59.5. The second-order valence-electron chi connectivity index (χ2n) is 18.4. The number of ether oxygens (including phenoxy) is 2. The molecule has 82 heavy (non-hydrogen) atoms. The Morgan fingerprint density at radius 2 is 1.22 bits per heavy atom. The van der Waals surface area contributed by atoms with Gasteiger partial charge in [0.05, 0.1) is 36.1 Å². The van der Waals surface area contributed by atoms with Gasteiger partial charge in [0.15, 0.2) is 11.8 Å². The Kier molecular flexibility index (Phi) is 18.9. The number of imidazole rings is 2. The molecule has 1 aliphatic heterocycles. The van der Waals surface area contributed by atoms with E-state index in [1.165, 1.54) is 31.4 Å². The van der Waals surface area contributed by atoms with Gasteiger partial charge < -0.3 is 66.3 Å². The number of methoxy groups -OCH3 is 1. The van der Waals surface area contributed by atoms with Crippen molar-refractivity contribution in [3.63, 3.8) is 0 Å². The quantitative estimate of drug-likeness (QED) is 0.0178. The summed E-state index contributed by atoms with van der Waals surface area (Å²) in [5.74, 6) is -6.60. The van der Waals surface area contributed by atoms with Crippen LogP contribution in [0.5, 0.6) is 11.5 Å². The smallest absolute Gasteiger partial charge is 0.295 e. The summed E-state index contributed by atoms with van der Waals surface area (Å²) < 4.78 is 26.5. The number of imide groups is 1. The van der Waals surface area contributed by atoms with Gasteiger partial charge in [-0.15, -0.1) is 0 Å². The van der Waals surface area contributed by atoms with Crippen LogP contribution >= 0.6 is 0 Å². The molecule has 432 valence electrons. The molecule has 2 atom stereocenters. The van der Waals surface area contributed by atoms with Crippen molar-refractivity contribution in [2.45, 2.75) is 85.0 Å². The molecule has 13 N–H and O–H groups in total. The Hall–Kier alpha value is -10.3. The third-order valence-electron chi connectivity index (χ3n) is 12.5. The molecule has 10 amide bonds. The van der Waals surface area contributed by atoms with Crippen LogP contribution in [0.4, 0.5) is 11.9 Å². The molecule has 6 aromatic rings. The van der Waals surface area contributed by atoms with Crippen LogP contribution < -0.4 is 59.0 Å². The average Bonchev–Trinajstić information content (AvgIpc) is 4.47. The van der Waals surface area contributed by atoms with Gasteiger partial charge in [0.1, 0.15) is 41.2 Å². The van der Waals surface area contributed by atoms with Crippen molar-refractivity contribution in [2.75, 3.05) is 44.0 Å². The van der Waals surface area contributed by atoms with Gasteiger partial charge in [-0.1, -0.05) is 26.0 Å². The Labute approximate surface area is 465 Å². The van der Waals surface area contributed by atoms with Gasteiger partial charge in [0.25, 0.3) is 23.6 Å². The van der Waals surface area contributed by atoms with Gasteiger partial charge >= 0.3 is 0 Å². The number of nitrogens with two attached hydrogens (primary N) is 4. The zero-order valence-electron chi connectivity index (χ0n) is 45.2. The number of oxazole rings is 2. The Balaban J connectivity index is 1.12. The predicted molar refractivity (Wildman–Crippen MR) is 290 cm³/mol. The number of carbonyl (C=O) groups is 10. The van der Waals surface area contributed by atoms with Crippen molar-refractivity contribution in [2.24, 2.45) is 22.9 Å². The van der Waals surface area contributed by atoms with Crippen LogP contribution in [0.1, 0.15) is 98.1 Å². The number of hydrogen-bond donors (Lipinski definition) is 9. The summed E-state index contributed by atoms with van der Waals surface area (Å²) >= 11 is 0. The fraction of sp³-hybridized carbons (Fsp3) is 0.346. The number of carbonyl (C=O) groups excluding carboxylic acids is 10. The van der Waals surface area contributed by atoms with Crippen molar-refractivity contribution in [1.29, 1.82) is 0 Å². The van der Waals surface area contributed by atoms with Crippen LogP contribution in [-0.4, -0.2) is 138 Å². The van der Waals surface area contributed by atoms with E-state index in [2.05, 4.69) is 46.5 Å². The molecular formula is C52H60N16O14. The van der Waals surface area contributed by atoms with Gasteiger partial charge in [-0.05, 0) is 49.9 Å². The number of hydrogen-bond acceptors (Lipinski definition) is 19. The molecule has 0 saturated heterocycles.